The Morgan fingerprint density at radius 1 is 1.26 bits per heavy atom. The number of aromatic hydroxyl groups is 1. The van der Waals surface area contributed by atoms with Gasteiger partial charge in [-0.05, 0) is 72.6 Å². The number of phenols is 1. The highest BCUT2D eigenvalue weighted by atomic mass is 16.4. The summed E-state index contributed by atoms with van der Waals surface area (Å²) < 4.78 is 0. The molecule has 2 N–H and O–H groups in total. The van der Waals surface area contributed by atoms with Gasteiger partial charge < -0.3 is 10.2 Å². The number of hydrogen-bond acceptors (Lipinski definition) is 2. The summed E-state index contributed by atoms with van der Waals surface area (Å²) in [5.74, 6) is 0.176. The van der Waals surface area contributed by atoms with Crippen molar-refractivity contribution in [1.82, 2.24) is 0 Å². The summed E-state index contributed by atoms with van der Waals surface area (Å²) >= 11 is 0. The minimum Gasteiger partial charge on any atom is -0.508 e. The summed E-state index contributed by atoms with van der Waals surface area (Å²) in [6.45, 7) is 8.42. The third-order valence-corrected chi connectivity index (χ3v) is 6.63. The smallest absolute Gasteiger partial charge is 0.309 e. The highest BCUT2D eigenvalue weighted by Gasteiger charge is 2.55. The number of hydrogen-bond donors (Lipinski definition) is 2. The summed E-state index contributed by atoms with van der Waals surface area (Å²) in [5, 5.41) is 20.2. The first-order valence-corrected chi connectivity index (χ1v) is 8.80. The molecule has 3 heteroatoms. The van der Waals surface area contributed by atoms with Crippen molar-refractivity contribution in [3.8, 4) is 5.75 Å². The molecule has 2 aliphatic carbocycles. The molecule has 3 rings (SSSR count). The molecular weight excluding hydrogens is 288 g/mol. The van der Waals surface area contributed by atoms with E-state index in [1.165, 1.54) is 11.1 Å². The molecule has 0 aromatic heterocycles. The lowest BCUT2D eigenvalue weighted by molar-refractivity contribution is -0.157. The van der Waals surface area contributed by atoms with Gasteiger partial charge >= 0.3 is 5.97 Å². The fraction of sp³-hybridized carbons (Fsp3) is 0.650. The average Bonchev–Trinajstić information content (AvgIpc) is 2.45. The highest BCUT2D eigenvalue weighted by Crippen LogP contribution is 2.58. The topological polar surface area (TPSA) is 57.5 Å². The van der Waals surface area contributed by atoms with Crippen LogP contribution in [0.2, 0.25) is 0 Å². The molecule has 0 saturated heterocycles. The first kappa shape index (κ1) is 16.4. The maximum absolute atomic E-state index is 12.0. The van der Waals surface area contributed by atoms with Crippen molar-refractivity contribution in [2.24, 2.45) is 11.3 Å². The molecule has 126 valence electrons. The maximum atomic E-state index is 12.0. The summed E-state index contributed by atoms with van der Waals surface area (Å²) in [5.41, 5.74) is 2.87. The predicted octanol–water partition coefficient (Wildman–Crippen LogP) is 4.61. The van der Waals surface area contributed by atoms with Gasteiger partial charge in [-0.25, -0.2) is 0 Å². The van der Waals surface area contributed by atoms with Gasteiger partial charge in [0.15, 0.2) is 0 Å². The Labute approximate surface area is 138 Å². The van der Waals surface area contributed by atoms with Crippen LogP contribution in [0.1, 0.15) is 76.0 Å². The number of carboxylic acid groups (broad SMARTS) is 1. The summed E-state index contributed by atoms with van der Waals surface area (Å²) in [6.07, 6.45) is 4.53. The lowest BCUT2D eigenvalue weighted by atomic mass is 9.49. The number of carboxylic acids is 1. The lowest BCUT2D eigenvalue weighted by Crippen LogP contribution is -2.52. The van der Waals surface area contributed by atoms with Gasteiger partial charge in [0, 0.05) is 0 Å². The number of aliphatic carboxylic acids is 1. The molecule has 0 amide bonds. The summed E-state index contributed by atoms with van der Waals surface area (Å²) in [7, 11) is 0. The van der Waals surface area contributed by atoms with E-state index < -0.39 is 11.4 Å². The minimum atomic E-state index is -0.653. The van der Waals surface area contributed by atoms with Crippen molar-refractivity contribution in [3.05, 3.63) is 28.8 Å². The quantitative estimate of drug-likeness (QED) is 0.837. The predicted molar refractivity (Wildman–Crippen MR) is 91.0 cm³/mol. The first-order valence-electron chi connectivity index (χ1n) is 8.80. The van der Waals surface area contributed by atoms with E-state index in [4.69, 9.17) is 0 Å². The third kappa shape index (κ3) is 2.20. The summed E-state index contributed by atoms with van der Waals surface area (Å²) in [6, 6.07) is 3.87. The van der Waals surface area contributed by atoms with Crippen LogP contribution in [0.4, 0.5) is 0 Å². The molecule has 2 aliphatic rings. The van der Waals surface area contributed by atoms with E-state index in [0.29, 0.717) is 5.75 Å². The standard InChI is InChI=1S/C20H28O3/c1-12(2)17-13-6-9-16-19(3,14(13)7-8-15(17)21)10-5-11-20(16,4)18(22)23/h7-8,12,16,21H,5-6,9-11H2,1-4H3,(H,22,23)/t16-,19+,20-/m0/s1. The Morgan fingerprint density at radius 2 is 1.96 bits per heavy atom. The van der Waals surface area contributed by atoms with Gasteiger partial charge in [-0.2, -0.15) is 0 Å². The van der Waals surface area contributed by atoms with Crippen molar-refractivity contribution in [2.45, 2.75) is 71.1 Å². The van der Waals surface area contributed by atoms with E-state index in [9.17, 15) is 15.0 Å². The van der Waals surface area contributed by atoms with Crippen molar-refractivity contribution in [2.75, 3.05) is 0 Å². The van der Waals surface area contributed by atoms with Crippen LogP contribution in [0.25, 0.3) is 0 Å². The Hall–Kier alpha value is -1.51. The number of benzene rings is 1. The molecule has 1 fully saturated rings. The molecule has 0 radical (unpaired) electrons. The van der Waals surface area contributed by atoms with Crippen molar-refractivity contribution < 1.29 is 15.0 Å². The summed E-state index contributed by atoms with van der Waals surface area (Å²) in [4.78, 5) is 12.0. The molecule has 1 aromatic carbocycles. The zero-order valence-electron chi connectivity index (χ0n) is 14.6. The van der Waals surface area contributed by atoms with Gasteiger partial charge in [-0.1, -0.05) is 33.3 Å². The number of phenolic OH excluding ortho intramolecular Hbond substituents is 1. The zero-order valence-corrected chi connectivity index (χ0v) is 14.6. The van der Waals surface area contributed by atoms with Crippen molar-refractivity contribution >= 4 is 5.97 Å². The number of fused-ring (bicyclic) bond motifs is 3. The molecule has 0 spiro atoms. The van der Waals surface area contributed by atoms with E-state index in [1.807, 2.05) is 13.0 Å². The van der Waals surface area contributed by atoms with Gasteiger partial charge in [0.1, 0.15) is 5.75 Å². The van der Waals surface area contributed by atoms with E-state index in [1.54, 1.807) is 0 Å². The Kier molecular flexibility index (Phi) is 3.74. The van der Waals surface area contributed by atoms with Crippen molar-refractivity contribution in [3.63, 3.8) is 0 Å². The normalized spacial score (nSPS) is 33.2. The average molecular weight is 316 g/mol. The first-order chi connectivity index (χ1) is 10.7. The lowest BCUT2D eigenvalue weighted by Gasteiger charge is -2.54. The van der Waals surface area contributed by atoms with E-state index in [0.717, 1.165) is 37.7 Å². The van der Waals surface area contributed by atoms with Crippen LogP contribution in [-0.4, -0.2) is 16.2 Å². The van der Waals surface area contributed by atoms with Crippen molar-refractivity contribution in [1.29, 1.82) is 0 Å². The van der Waals surface area contributed by atoms with Crippen LogP contribution in [0.3, 0.4) is 0 Å². The second kappa shape index (κ2) is 5.25. The third-order valence-electron chi connectivity index (χ3n) is 6.63. The Morgan fingerprint density at radius 3 is 2.57 bits per heavy atom. The highest BCUT2D eigenvalue weighted by molar-refractivity contribution is 5.75. The Bertz CT molecular complexity index is 649. The van der Waals surface area contributed by atoms with Gasteiger partial charge in [0.2, 0.25) is 0 Å². The maximum Gasteiger partial charge on any atom is 0.309 e. The fourth-order valence-electron chi connectivity index (χ4n) is 5.48. The van der Waals surface area contributed by atoms with Crippen LogP contribution in [-0.2, 0) is 16.6 Å². The Balaban J connectivity index is 2.17. The molecule has 3 atom stereocenters. The molecule has 0 heterocycles. The van der Waals surface area contributed by atoms with Gasteiger partial charge in [-0.3, -0.25) is 4.79 Å². The molecule has 1 aromatic rings. The second-order valence-electron chi connectivity index (χ2n) is 8.26. The number of carbonyl (C=O) groups is 1. The SMILES string of the molecule is CC(C)c1c(O)ccc2c1CC[C@@H]1[C@@](C)(C(=O)O)CCC[C@]21C. The van der Waals surface area contributed by atoms with Crippen LogP contribution < -0.4 is 0 Å². The van der Waals surface area contributed by atoms with Gasteiger partial charge in [-0.15, -0.1) is 0 Å². The van der Waals surface area contributed by atoms with Crippen LogP contribution in [0.15, 0.2) is 12.1 Å². The molecule has 0 unspecified atom stereocenters. The van der Waals surface area contributed by atoms with Gasteiger partial charge in [0.25, 0.3) is 0 Å². The second-order valence-corrected chi connectivity index (χ2v) is 8.26. The largest absolute Gasteiger partial charge is 0.508 e. The van der Waals surface area contributed by atoms with Gasteiger partial charge in [0.05, 0.1) is 5.41 Å². The van der Waals surface area contributed by atoms with E-state index >= 15 is 0 Å². The molecular formula is C20H28O3. The van der Waals surface area contributed by atoms with Crippen LogP contribution >= 0.6 is 0 Å². The van der Waals surface area contributed by atoms with E-state index in [-0.39, 0.29) is 17.3 Å². The zero-order chi connectivity index (χ0) is 17.0. The fourth-order valence-corrected chi connectivity index (χ4v) is 5.48. The monoisotopic (exact) mass is 316 g/mol. The van der Waals surface area contributed by atoms with E-state index in [2.05, 4.69) is 26.8 Å². The molecule has 3 nitrogen and oxygen atoms in total. The molecule has 1 saturated carbocycles. The minimum absolute atomic E-state index is 0.101. The number of rotatable bonds is 2. The molecule has 23 heavy (non-hydrogen) atoms. The van der Waals surface area contributed by atoms with Crippen LogP contribution in [0, 0.1) is 11.3 Å². The van der Waals surface area contributed by atoms with Crippen LogP contribution in [0.5, 0.6) is 5.75 Å². The molecule has 0 aliphatic heterocycles. The molecule has 0 bridgehead atoms.